The summed E-state index contributed by atoms with van der Waals surface area (Å²) >= 11 is 0. The smallest absolute Gasteiger partial charge is 0.129 e. The van der Waals surface area contributed by atoms with E-state index in [1.807, 2.05) is 0 Å². The number of aryl methyl sites for hydroxylation is 1. The van der Waals surface area contributed by atoms with Gasteiger partial charge in [0.1, 0.15) is 5.82 Å². The van der Waals surface area contributed by atoms with Crippen molar-refractivity contribution in [3.8, 4) is 0 Å². The van der Waals surface area contributed by atoms with Crippen LogP contribution in [-0.4, -0.2) is 18.1 Å². The minimum atomic E-state index is 0.593. The van der Waals surface area contributed by atoms with Gasteiger partial charge in [-0.3, -0.25) is 0 Å². The second-order valence-corrected chi connectivity index (χ2v) is 4.36. The van der Waals surface area contributed by atoms with E-state index in [0.717, 1.165) is 38.2 Å². The van der Waals surface area contributed by atoms with Gasteiger partial charge in [-0.15, -0.1) is 0 Å². The third-order valence-electron chi connectivity index (χ3n) is 2.87. The fraction of sp³-hybridized carbons (Fsp3) is 0.643. The second kappa shape index (κ2) is 7.28. The lowest BCUT2D eigenvalue weighted by molar-refractivity contribution is 0.767. The molecule has 1 rings (SSSR count). The first-order chi connectivity index (χ1) is 8.24. The Morgan fingerprint density at radius 2 is 1.94 bits per heavy atom. The van der Waals surface area contributed by atoms with Crippen molar-refractivity contribution < 1.29 is 0 Å². The van der Waals surface area contributed by atoms with Gasteiger partial charge in [0.2, 0.25) is 0 Å². The number of pyridine rings is 1. The summed E-state index contributed by atoms with van der Waals surface area (Å²) in [6.45, 7) is 9.20. The molecule has 17 heavy (non-hydrogen) atoms. The third kappa shape index (κ3) is 4.00. The van der Waals surface area contributed by atoms with Crippen LogP contribution in [0.3, 0.4) is 0 Å². The van der Waals surface area contributed by atoms with Crippen molar-refractivity contribution in [2.24, 2.45) is 5.73 Å². The van der Waals surface area contributed by atoms with Gasteiger partial charge in [-0.2, -0.15) is 0 Å². The summed E-state index contributed by atoms with van der Waals surface area (Å²) in [6.07, 6.45) is 3.30. The molecule has 0 aliphatic heterocycles. The van der Waals surface area contributed by atoms with Crippen LogP contribution in [0.2, 0.25) is 0 Å². The monoisotopic (exact) mass is 235 g/mol. The topological polar surface area (TPSA) is 42.1 Å². The number of nitrogens with two attached hydrogens (primary N) is 1. The first kappa shape index (κ1) is 14.0. The summed E-state index contributed by atoms with van der Waals surface area (Å²) in [6, 6.07) is 4.26. The van der Waals surface area contributed by atoms with Gasteiger partial charge in [0.15, 0.2) is 0 Å². The van der Waals surface area contributed by atoms with Crippen LogP contribution in [0.25, 0.3) is 0 Å². The zero-order chi connectivity index (χ0) is 12.7. The van der Waals surface area contributed by atoms with Crippen LogP contribution in [0.4, 0.5) is 5.82 Å². The number of hydrogen-bond acceptors (Lipinski definition) is 3. The molecule has 0 bridgehead atoms. The number of rotatable bonds is 7. The molecule has 0 unspecified atom stereocenters. The molecule has 0 radical (unpaired) electrons. The Kier molecular flexibility index (Phi) is 5.98. The zero-order valence-electron chi connectivity index (χ0n) is 11.4. The summed E-state index contributed by atoms with van der Waals surface area (Å²) in [5, 5.41) is 0. The van der Waals surface area contributed by atoms with Crippen LogP contribution < -0.4 is 10.6 Å². The minimum absolute atomic E-state index is 0.593. The average molecular weight is 235 g/mol. The Hall–Kier alpha value is -1.09. The number of hydrogen-bond donors (Lipinski definition) is 1. The molecule has 0 aliphatic rings. The van der Waals surface area contributed by atoms with Gasteiger partial charge in [-0.1, -0.05) is 20.3 Å². The minimum Gasteiger partial charge on any atom is -0.357 e. The molecule has 0 saturated heterocycles. The molecule has 96 valence electrons. The Labute approximate surface area is 105 Å². The van der Waals surface area contributed by atoms with E-state index >= 15 is 0 Å². The molecule has 3 heteroatoms. The maximum atomic E-state index is 5.75. The summed E-state index contributed by atoms with van der Waals surface area (Å²) in [5.74, 6) is 1.08. The Bertz CT molecular complexity index is 336. The van der Waals surface area contributed by atoms with E-state index in [2.05, 4.69) is 37.8 Å². The average Bonchev–Trinajstić information content (AvgIpc) is 2.35. The summed E-state index contributed by atoms with van der Waals surface area (Å²) in [7, 11) is 0. The molecule has 2 N–H and O–H groups in total. The maximum Gasteiger partial charge on any atom is 0.129 e. The third-order valence-corrected chi connectivity index (χ3v) is 2.87. The highest BCUT2D eigenvalue weighted by atomic mass is 15.2. The molecule has 0 fully saturated rings. The van der Waals surface area contributed by atoms with E-state index < -0.39 is 0 Å². The molecule has 1 aromatic heterocycles. The number of anilines is 1. The molecule has 0 amide bonds. The standard InChI is InChI=1S/C14H25N3/c1-4-7-13-9-12(11-15)10-14(16-13)17(6-3)8-5-2/h9-10H,4-8,11,15H2,1-3H3. The van der Waals surface area contributed by atoms with Gasteiger partial charge in [0, 0.05) is 25.3 Å². The van der Waals surface area contributed by atoms with Gasteiger partial charge >= 0.3 is 0 Å². The van der Waals surface area contributed by atoms with Gasteiger partial charge in [-0.05, 0) is 37.5 Å². The summed E-state index contributed by atoms with van der Waals surface area (Å²) < 4.78 is 0. The van der Waals surface area contributed by atoms with E-state index in [0.29, 0.717) is 6.54 Å². The SMILES string of the molecule is CCCc1cc(CN)cc(N(CC)CCC)n1. The predicted molar refractivity (Wildman–Crippen MR) is 74.3 cm³/mol. The normalized spacial score (nSPS) is 10.6. The van der Waals surface area contributed by atoms with Crippen molar-refractivity contribution >= 4 is 5.82 Å². The molecule has 0 saturated carbocycles. The van der Waals surface area contributed by atoms with Gasteiger partial charge in [-0.25, -0.2) is 4.98 Å². The van der Waals surface area contributed by atoms with E-state index in [1.165, 1.54) is 11.3 Å². The Balaban J connectivity index is 2.99. The molecular formula is C14H25N3. The van der Waals surface area contributed by atoms with Crippen LogP contribution in [0, 0.1) is 0 Å². The fourth-order valence-corrected chi connectivity index (χ4v) is 2.00. The highest BCUT2D eigenvalue weighted by Crippen LogP contribution is 2.16. The second-order valence-electron chi connectivity index (χ2n) is 4.36. The molecule has 0 aromatic carbocycles. The lowest BCUT2D eigenvalue weighted by atomic mass is 10.1. The lowest BCUT2D eigenvalue weighted by Gasteiger charge is -2.22. The molecule has 1 heterocycles. The highest BCUT2D eigenvalue weighted by Gasteiger charge is 2.07. The van der Waals surface area contributed by atoms with Crippen molar-refractivity contribution in [1.29, 1.82) is 0 Å². The maximum absolute atomic E-state index is 5.75. The van der Waals surface area contributed by atoms with Crippen molar-refractivity contribution in [3.05, 3.63) is 23.4 Å². The first-order valence-corrected chi connectivity index (χ1v) is 6.69. The van der Waals surface area contributed by atoms with E-state index in [1.54, 1.807) is 0 Å². The van der Waals surface area contributed by atoms with E-state index in [4.69, 9.17) is 10.7 Å². The molecule has 1 aromatic rings. The molecule has 3 nitrogen and oxygen atoms in total. The largest absolute Gasteiger partial charge is 0.357 e. The predicted octanol–water partition coefficient (Wildman–Crippen LogP) is 2.73. The molecule has 0 spiro atoms. The Morgan fingerprint density at radius 1 is 1.18 bits per heavy atom. The van der Waals surface area contributed by atoms with Gasteiger partial charge in [0.05, 0.1) is 0 Å². The quantitative estimate of drug-likeness (QED) is 0.790. The number of aromatic nitrogens is 1. The van der Waals surface area contributed by atoms with Gasteiger partial charge < -0.3 is 10.6 Å². The van der Waals surface area contributed by atoms with Crippen LogP contribution in [0.15, 0.2) is 12.1 Å². The van der Waals surface area contributed by atoms with Gasteiger partial charge in [0.25, 0.3) is 0 Å². The van der Waals surface area contributed by atoms with Crippen LogP contribution in [0.1, 0.15) is 44.9 Å². The zero-order valence-corrected chi connectivity index (χ0v) is 11.4. The Morgan fingerprint density at radius 3 is 2.47 bits per heavy atom. The molecule has 0 aliphatic carbocycles. The van der Waals surface area contributed by atoms with Crippen LogP contribution in [-0.2, 0) is 13.0 Å². The lowest BCUT2D eigenvalue weighted by Crippen LogP contribution is -2.25. The van der Waals surface area contributed by atoms with Crippen LogP contribution in [0.5, 0.6) is 0 Å². The first-order valence-electron chi connectivity index (χ1n) is 6.69. The molecule has 0 atom stereocenters. The van der Waals surface area contributed by atoms with Crippen molar-refractivity contribution in [2.75, 3.05) is 18.0 Å². The van der Waals surface area contributed by atoms with Crippen molar-refractivity contribution in [2.45, 2.75) is 46.6 Å². The summed E-state index contributed by atoms with van der Waals surface area (Å²) in [5.41, 5.74) is 8.11. The van der Waals surface area contributed by atoms with Crippen molar-refractivity contribution in [3.63, 3.8) is 0 Å². The molecular weight excluding hydrogens is 210 g/mol. The van der Waals surface area contributed by atoms with E-state index in [9.17, 15) is 0 Å². The fourth-order valence-electron chi connectivity index (χ4n) is 2.00. The number of nitrogens with zero attached hydrogens (tertiary/aromatic N) is 2. The van der Waals surface area contributed by atoms with Crippen molar-refractivity contribution in [1.82, 2.24) is 4.98 Å². The summed E-state index contributed by atoms with van der Waals surface area (Å²) in [4.78, 5) is 7.05. The van der Waals surface area contributed by atoms with Crippen LogP contribution >= 0.6 is 0 Å². The highest BCUT2D eigenvalue weighted by molar-refractivity contribution is 5.42. The van der Waals surface area contributed by atoms with E-state index in [-0.39, 0.29) is 0 Å².